The number of piperidine rings is 1. The van der Waals surface area contributed by atoms with Crippen molar-refractivity contribution in [1.82, 2.24) is 29.6 Å². The summed E-state index contributed by atoms with van der Waals surface area (Å²) in [6.45, 7) is 2.86. The molecule has 0 spiro atoms. The molecule has 0 aliphatic carbocycles. The Bertz CT molecular complexity index is 931. The summed E-state index contributed by atoms with van der Waals surface area (Å²) in [6.07, 6.45) is 5.71. The van der Waals surface area contributed by atoms with Crippen LogP contribution < -0.4 is 0 Å². The summed E-state index contributed by atoms with van der Waals surface area (Å²) in [6, 6.07) is 9.07. The van der Waals surface area contributed by atoms with Crippen molar-refractivity contribution >= 4 is 5.91 Å². The number of carbonyl (C=O) groups excluding carboxylic acids is 1. The molecule has 0 unspecified atom stereocenters. The third kappa shape index (κ3) is 3.43. The van der Waals surface area contributed by atoms with Crippen LogP contribution in [-0.2, 0) is 5.60 Å². The number of aromatic nitrogens is 5. The van der Waals surface area contributed by atoms with Crippen LogP contribution in [0.1, 0.15) is 34.6 Å². The van der Waals surface area contributed by atoms with Gasteiger partial charge in [0.05, 0.1) is 5.69 Å². The first kappa shape index (κ1) is 17.3. The number of carbonyl (C=O) groups is 1. The van der Waals surface area contributed by atoms with Crippen LogP contribution in [0.4, 0.5) is 0 Å². The van der Waals surface area contributed by atoms with E-state index in [2.05, 4.69) is 20.2 Å². The van der Waals surface area contributed by atoms with Crippen LogP contribution >= 0.6 is 0 Å². The summed E-state index contributed by atoms with van der Waals surface area (Å²) < 4.78 is 1.65. The molecule has 3 aromatic rings. The average Bonchev–Trinajstić information content (AvgIpc) is 3.23. The molecule has 4 heterocycles. The minimum atomic E-state index is -0.998. The number of nitrogens with zero attached hydrogens (tertiary/aromatic N) is 6. The van der Waals surface area contributed by atoms with Crippen LogP contribution in [0.15, 0.2) is 49.2 Å². The van der Waals surface area contributed by atoms with Gasteiger partial charge in [0.2, 0.25) is 0 Å². The van der Waals surface area contributed by atoms with Crippen LogP contribution in [-0.4, -0.2) is 53.7 Å². The van der Waals surface area contributed by atoms with Crippen LogP contribution in [0.2, 0.25) is 0 Å². The number of likely N-dealkylation sites (tertiary alicyclic amines) is 1. The minimum absolute atomic E-state index is 0.149. The van der Waals surface area contributed by atoms with E-state index in [1.54, 1.807) is 33.9 Å². The van der Waals surface area contributed by atoms with E-state index < -0.39 is 5.60 Å². The molecule has 0 radical (unpaired) electrons. The molecule has 1 amide bonds. The minimum Gasteiger partial charge on any atom is -0.383 e. The maximum absolute atomic E-state index is 12.8. The smallest absolute Gasteiger partial charge is 0.272 e. The highest BCUT2D eigenvalue weighted by Gasteiger charge is 2.37. The van der Waals surface area contributed by atoms with Gasteiger partial charge in [0.15, 0.2) is 0 Å². The van der Waals surface area contributed by atoms with E-state index in [0.29, 0.717) is 43.1 Å². The van der Waals surface area contributed by atoms with Crippen molar-refractivity contribution in [1.29, 1.82) is 0 Å². The molecule has 3 aromatic heterocycles. The fraction of sp³-hybridized carbons (Fsp3) is 0.316. The molecule has 4 rings (SSSR count). The lowest BCUT2D eigenvalue weighted by atomic mass is 9.87. The van der Waals surface area contributed by atoms with Gasteiger partial charge in [-0.15, -0.1) is 10.2 Å². The predicted octanol–water partition coefficient (Wildman–Crippen LogP) is 1.49. The molecule has 1 fully saturated rings. The first-order valence-electron chi connectivity index (χ1n) is 8.82. The molecule has 1 aliphatic rings. The molecule has 8 heteroatoms. The van der Waals surface area contributed by atoms with Crippen molar-refractivity contribution in [2.45, 2.75) is 25.4 Å². The zero-order chi connectivity index (χ0) is 18.9. The van der Waals surface area contributed by atoms with E-state index in [1.807, 2.05) is 19.1 Å². The molecular formula is C19H20N6O2. The second-order valence-electron chi connectivity index (χ2n) is 6.79. The maximum atomic E-state index is 12.8. The molecule has 27 heavy (non-hydrogen) atoms. The van der Waals surface area contributed by atoms with Gasteiger partial charge in [0, 0.05) is 19.3 Å². The van der Waals surface area contributed by atoms with Crippen molar-refractivity contribution in [2.75, 3.05) is 13.1 Å². The Morgan fingerprint density at radius 1 is 1.11 bits per heavy atom. The van der Waals surface area contributed by atoms with E-state index in [-0.39, 0.29) is 5.91 Å². The fourth-order valence-corrected chi connectivity index (χ4v) is 3.25. The van der Waals surface area contributed by atoms with E-state index in [1.165, 1.54) is 12.7 Å². The zero-order valence-corrected chi connectivity index (χ0v) is 15.0. The van der Waals surface area contributed by atoms with Gasteiger partial charge in [-0.1, -0.05) is 12.1 Å². The van der Waals surface area contributed by atoms with E-state index in [9.17, 15) is 9.90 Å². The summed E-state index contributed by atoms with van der Waals surface area (Å²) in [5.74, 6) is 0.437. The molecule has 0 aromatic carbocycles. The highest BCUT2D eigenvalue weighted by molar-refractivity contribution is 5.92. The summed E-state index contributed by atoms with van der Waals surface area (Å²) in [5.41, 5.74) is 1.07. The summed E-state index contributed by atoms with van der Waals surface area (Å²) in [4.78, 5) is 23.3. The number of rotatable bonds is 3. The third-order valence-corrected chi connectivity index (χ3v) is 4.90. The van der Waals surface area contributed by atoms with Gasteiger partial charge in [0.25, 0.3) is 5.91 Å². The van der Waals surface area contributed by atoms with Gasteiger partial charge in [-0.05, 0) is 43.5 Å². The molecule has 0 bridgehead atoms. The van der Waals surface area contributed by atoms with Crippen molar-refractivity contribution in [2.24, 2.45) is 0 Å². The second-order valence-corrected chi connectivity index (χ2v) is 6.79. The molecule has 1 N–H and O–H groups in total. The maximum Gasteiger partial charge on any atom is 0.272 e. The Hall–Kier alpha value is -3.13. The Morgan fingerprint density at radius 3 is 2.52 bits per heavy atom. The van der Waals surface area contributed by atoms with Crippen molar-refractivity contribution in [3.63, 3.8) is 0 Å². The fourth-order valence-electron chi connectivity index (χ4n) is 3.25. The summed E-state index contributed by atoms with van der Waals surface area (Å²) in [7, 11) is 0. The first-order chi connectivity index (χ1) is 13.0. The predicted molar refractivity (Wildman–Crippen MR) is 97.2 cm³/mol. The number of amides is 1. The second kappa shape index (κ2) is 6.88. The highest BCUT2D eigenvalue weighted by Crippen LogP contribution is 2.32. The van der Waals surface area contributed by atoms with Crippen molar-refractivity contribution in [3.05, 3.63) is 66.1 Å². The van der Waals surface area contributed by atoms with Crippen LogP contribution in [0.25, 0.3) is 5.82 Å². The lowest BCUT2D eigenvalue weighted by molar-refractivity contribution is -0.0245. The Morgan fingerprint density at radius 2 is 1.85 bits per heavy atom. The Labute approximate surface area is 156 Å². The SMILES string of the molecule is Cc1ccc(C2(O)CCN(C(=O)c3cccc(-n4cnnc4)n3)CC2)nc1. The monoisotopic (exact) mass is 364 g/mol. The molecular weight excluding hydrogens is 344 g/mol. The van der Waals surface area contributed by atoms with Gasteiger partial charge >= 0.3 is 0 Å². The Balaban J connectivity index is 1.47. The van der Waals surface area contributed by atoms with E-state index in [4.69, 9.17) is 0 Å². The largest absolute Gasteiger partial charge is 0.383 e. The highest BCUT2D eigenvalue weighted by atomic mass is 16.3. The quantitative estimate of drug-likeness (QED) is 0.756. The molecule has 1 saturated heterocycles. The number of hydrogen-bond donors (Lipinski definition) is 1. The van der Waals surface area contributed by atoms with Gasteiger partial charge in [0.1, 0.15) is 29.8 Å². The summed E-state index contributed by atoms with van der Waals surface area (Å²) >= 11 is 0. The van der Waals surface area contributed by atoms with Crippen LogP contribution in [0, 0.1) is 6.92 Å². The third-order valence-electron chi connectivity index (χ3n) is 4.90. The van der Waals surface area contributed by atoms with Crippen molar-refractivity contribution < 1.29 is 9.90 Å². The van der Waals surface area contributed by atoms with Crippen LogP contribution in [0.5, 0.6) is 0 Å². The number of hydrogen-bond acceptors (Lipinski definition) is 6. The molecule has 1 aliphatic heterocycles. The van der Waals surface area contributed by atoms with Crippen LogP contribution in [0.3, 0.4) is 0 Å². The van der Waals surface area contributed by atoms with Gasteiger partial charge in [-0.3, -0.25) is 14.3 Å². The summed E-state index contributed by atoms with van der Waals surface area (Å²) in [5, 5.41) is 18.5. The molecule has 0 saturated carbocycles. The van der Waals surface area contributed by atoms with Crippen molar-refractivity contribution in [3.8, 4) is 5.82 Å². The average molecular weight is 364 g/mol. The van der Waals surface area contributed by atoms with Gasteiger partial charge < -0.3 is 10.0 Å². The van der Waals surface area contributed by atoms with E-state index in [0.717, 1.165) is 5.56 Å². The lowest BCUT2D eigenvalue weighted by Gasteiger charge is -2.37. The first-order valence-corrected chi connectivity index (χ1v) is 8.82. The van der Waals surface area contributed by atoms with Gasteiger partial charge in [-0.2, -0.15) is 0 Å². The molecule has 0 atom stereocenters. The normalized spacial score (nSPS) is 16.3. The standard InChI is InChI=1S/C19H20N6O2/c1-14-5-6-16(20-11-14)19(27)7-9-24(10-8-19)18(26)15-3-2-4-17(23-15)25-12-21-22-13-25/h2-6,11-13,27H,7-10H2,1H3. The molecule has 8 nitrogen and oxygen atoms in total. The number of pyridine rings is 2. The lowest BCUT2D eigenvalue weighted by Crippen LogP contribution is -2.45. The van der Waals surface area contributed by atoms with E-state index >= 15 is 0 Å². The van der Waals surface area contributed by atoms with Gasteiger partial charge in [-0.25, -0.2) is 4.98 Å². The Kier molecular flexibility index (Phi) is 4.41. The number of aliphatic hydroxyl groups is 1. The topological polar surface area (TPSA) is 97.0 Å². The zero-order valence-electron chi connectivity index (χ0n) is 15.0. The number of aryl methyl sites for hydroxylation is 1. The molecule has 138 valence electrons.